The number of hydrogen-bond acceptors (Lipinski definition) is 7. The van der Waals surface area contributed by atoms with Crippen LogP contribution in [-0.4, -0.2) is 47.7 Å². The first-order chi connectivity index (χ1) is 16.5. The molecule has 35 heavy (non-hydrogen) atoms. The Labute approximate surface area is 206 Å². The van der Waals surface area contributed by atoms with E-state index in [4.69, 9.17) is 26.3 Å². The van der Waals surface area contributed by atoms with Crippen molar-refractivity contribution < 1.29 is 35.1 Å². The minimum Gasteiger partial charge on any atom is -0.490 e. The third-order valence-electron chi connectivity index (χ3n) is 6.39. The topological polar surface area (TPSA) is 111 Å². The Morgan fingerprint density at radius 3 is 2.69 bits per heavy atom. The summed E-state index contributed by atoms with van der Waals surface area (Å²) in [6, 6.07) is 3.29. The number of rotatable bonds is 6. The van der Waals surface area contributed by atoms with Gasteiger partial charge in [-0.1, -0.05) is 11.6 Å². The maximum atomic E-state index is 15.3. The minimum atomic E-state index is -4.44. The van der Waals surface area contributed by atoms with Gasteiger partial charge in [0.15, 0.2) is 31.2 Å². The predicted molar refractivity (Wildman–Crippen MR) is 124 cm³/mol. The number of halogens is 3. The average molecular weight is 544 g/mol. The summed E-state index contributed by atoms with van der Waals surface area (Å²) in [5.74, 6) is -4.58. The van der Waals surface area contributed by atoms with E-state index in [1.54, 1.807) is 6.07 Å². The van der Waals surface area contributed by atoms with Crippen molar-refractivity contribution in [1.29, 1.82) is 5.26 Å². The molecule has 0 amide bonds. The van der Waals surface area contributed by atoms with Crippen LogP contribution in [-0.2, 0) is 29.2 Å². The molecule has 7 nitrogen and oxygen atoms in total. The molecule has 0 spiro atoms. The van der Waals surface area contributed by atoms with Gasteiger partial charge in [0.2, 0.25) is 0 Å². The monoisotopic (exact) mass is 543 g/mol. The van der Waals surface area contributed by atoms with E-state index < -0.39 is 70.9 Å². The lowest BCUT2D eigenvalue weighted by Crippen LogP contribution is -2.58. The largest absolute Gasteiger partial charge is 0.490 e. The number of nitrogens with zero attached hydrogens (tertiary/aromatic N) is 1. The van der Waals surface area contributed by atoms with Crippen molar-refractivity contribution in [1.82, 2.24) is 0 Å². The first kappa shape index (κ1) is 25.6. The Balaban J connectivity index is 1.89. The molecule has 1 aliphatic carbocycles. The number of nitriles is 1. The van der Waals surface area contributed by atoms with Crippen molar-refractivity contribution in [3.63, 3.8) is 0 Å². The Morgan fingerprint density at radius 2 is 1.94 bits per heavy atom. The molecule has 2 heterocycles. The quantitative estimate of drug-likeness (QED) is 0.505. The summed E-state index contributed by atoms with van der Waals surface area (Å²) in [5.41, 5.74) is 2.23. The Kier molecular flexibility index (Phi) is 6.97. The molecular formula is C23H20ClF2NO6S2. The lowest BCUT2D eigenvalue weighted by molar-refractivity contribution is -0.0730. The van der Waals surface area contributed by atoms with E-state index in [2.05, 4.69) is 5.73 Å². The van der Waals surface area contributed by atoms with E-state index in [1.165, 1.54) is 24.3 Å². The number of sulfone groups is 2. The van der Waals surface area contributed by atoms with E-state index in [1.807, 2.05) is 0 Å². The summed E-state index contributed by atoms with van der Waals surface area (Å²) in [4.78, 5) is -0.195. The summed E-state index contributed by atoms with van der Waals surface area (Å²) in [7, 11) is -8.19. The zero-order valence-corrected chi connectivity index (χ0v) is 20.6. The van der Waals surface area contributed by atoms with Crippen LogP contribution in [0.2, 0.25) is 0 Å². The van der Waals surface area contributed by atoms with Crippen LogP contribution in [0.1, 0.15) is 18.4 Å². The predicted octanol–water partition coefficient (Wildman–Crippen LogP) is 3.43. The van der Waals surface area contributed by atoms with Crippen LogP contribution < -0.4 is 4.74 Å². The molecule has 0 radical (unpaired) electrons. The molecule has 12 heteroatoms. The molecule has 1 aromatic carbocycles. The molecule has 186 valence electrons. The van der Waals surface area contributed by atoms with Crippen LogP contribution in [0, 0.1) is 28.9 Å². The summed E-state index contributed by atoms with van der Waals surface area (Å²) in [6.45, 7) is -0.499. The molecule has 0 saturated carbocycles. The van der Waals surface area contributed by atoms with Gasteiger partial charge in [0.05, 0.1) is 40.0 Å². The standard InChI is InChI=1S/C23H20ClF2NO6S2/c24-15-2-1-3-16(5-4-15)35(30,31)23-9-11-32-20(8-12-34(28,29)13-10-27)17(23)14-33-22-19(26)7-6-18(25)21(22)23/h1,3-7,17,20H,8-9,11-14H2. The van der Waals surface area contributed by atoms with Crippen molar-refractivity contribution in [2.45, 2.75) is 23.7 Å². The van der Waals surface area contributed by atoms with Crippen LogP contribution >= 0.6 is 11.6 Å². The SMILES string of the molecule is N#CCS(=O)(=O)CCC1OCCC2(S(=O)(=O)C3=CC=C=C(Cl)C=C3)c3c(F)ccc(F)c3OCC12. The molecule has 0 aromatic heterocycles. The second-order valence-corrected chi connectivity index (χ2v) is 13.1. The second kappa shape index (κ2) is 9.52. The fourth-order valence-electron chi connectivity index (χ4n) is 4.83. The lowest BCUT2D eigenvalue weighted by atomic mass is 9.75. The molecule has 3 unspecified atom stereocenters. The molecule has 3 aliphatic rings. The fraction of sp³-hybridized carbons (Fsp3) is 0.391. The molecule has 2 aliphatic heterocycles. The van der Waals surface area contributed by atoms with Gasteiger partial charge in [0, 0.05) is 12.5 Å². The average Bonchev–Trinajstić information content (AvgIpc) is 3.04. The number of benzene rings is 1. The summed E-state index contributed by atoms with van der Waals surface area (Å²) in [5, 5.41) is 8.91. The van der Waals surface area contributed by atoms with Crippen molar-refractivity contribution in [2.75, 3.05) is 24.7 Å². The Morgan fingerprint density at radius 1 is 1.20 bits per heavy atom. The van der Waals surface area contributed by atoms with Crippen molar-refractivity contribution in [3.05, 3.63) is 69.3 Å². The molecular weight excluding hydrogens is 524 g/mol. The molecule has 4 rings (SSSR count). The fourth-order valence-corrected chi connectivity index (χ4v) is 8.23. The van der Waals surface area contributed by atoms with Gasteiger partial charge in [-0.2, -0.15) is 5.26 Å². The summed E-state index contributed by atoms with van der Waals surface area (Å²) >= 11 is 5.95. The van der Waals surface area contributed by atoms with Gasteiger partial charge in [0.1, 0.15) is 16.3 Å². The normalized spacial score (nSPS) is 25.9. The van der Waals surface area contributed by atoms with Crippen LogP contribution in [0.15, 0.2) is 52.1 Å². The van der Waals surface area contributed by atoms with Crippen LogP contribution in [0.3, 0.4) is 0 Å². The van der Waals surface area contributed by atoms with Crippen molar-refractivity contribution in [3.8, 4) is 11.8 Å². The number of hydrogen-bond donors (Lipinski definition) is 0. The smallest absolute Gasteiger partial charge is 0.189 e. The van der Waals surface area contributed by atoms with E-state index in [9.17, 15) is 21.2 Å². The number of ether oxygens (including phenoxy) is 2. The van der Waals surface area contributed by atoms with Gasteiger partial charge < -0.3 is 9.47 Å². The van der Waals surface area contributed by atoms with Crippen LogP contribution in [0.4, 0.5) is 8.78 Å². The zero-order valence-electron chi connectivity index (χ0n) is 18.2. The molecule has 0 bridgehead atoms. The maximum Gasteiger partial charge on any atom is 0.189 e. The zero-order chi connectivity index (χ0) is 25.4. The van der Waals surface area contributed by atoms with Gasteiger partial charge in [-0.3, -0.25) is 0 Å². The Bertz CT molecular complexity index is 1440. The highest BCUT2D eigenvalue weighted by Gasteiger charge is 2.61. The Hall–Kier alpha value is -2.48. The van der Waals surface area contributed by atoms with E-state index in [0.29, 0.717) is 0 Å². The maximum absolute atomic E-state index is 15.3. The van der Waals surface area contributed by atoms with Gasteiger partial charge in [0.25, 0.3) is 0 Å². The molecule has 1 aromatic rings. The molecule has 1 saturated heterocycles. The highest BCUT2D eigenvalue weighted by atomic mass is 35.5. The summed E-state index contributed by atoms with van der Waals surface area (Å²) < 4.78 is 92.1. The molecule has 3 atom stereocenters. The molecule has 0 N–H and O–H groups in total. The minimum absolute atomic E-state index is 0.149. The van der Waals surface area contributed by atoms with Gasteiger partial charge in [-0.25, -0.2) is 25.6 Å². The van der Waals surface area contributed by atoms with Gasteiger partial charge in [-0.05, 0) is 49.3 Å². The highest BCUT2D eigenvalue weighted by molar-refractivity contribution is 7.96. The number of fused-ring (bicyclic) bond motifs is 3. The first-order valence-electron chi connectivity index (χ1n) is 10.6. The summed E-state index contributed by atoms with van der Waals surface area (Å²) in [6.07, 6.45) is 3.82. The van der Waals surface area contributed by atoms with E-state index >= 15 is 4.39 Å². The highest BCUT2D eigenvalue weighted by Crippen LogP contribution is 2.56. The number of allylic oxidation sites excluding steroid dienone is 4. The van der Waals surface area contributed by atoms with Crippen molar-refractivity contribution in [2.24, 2.45) is 5.92 Å². The molecule has 1 fully saturated rings. The third-order valence-corrected chi connectivity index (χ3v) is 10.6. The lowest BCUT2D eigenvalue weighted by Gasteiger charge is -2.50. The van der Waals surface area contributed by atoms with Crippen LogP contribution in [0.25, 0.3) is 0 Å². The first-order valence-corrected chi connectivity index (χ1v) is 14.3. The van der Waals surface area contributed by atoms with Gasteiger partial charge >= 0.3 is 0 Å². The second-order valence-electron chi connectivity index (χ2n) is 8.30. The third kappa shape index (κ3) is 4.46. The van der Waals surface area contributed by atoms with Gasteiger partial charge in [-0.15, -0.1) is 5.73 Å². The van der Waals surface area contributed by atoms with E-state index in [0.717, 1.165) is 12.1 Å². The van der Waals surface area contributed by atoms with Crippen LogP contribution in [0.5, 0.6) is 5.75 Å². The van der Waals surface area contributed by atoms with E-state index in [-0.39, 0.29) is 36.0 Å². The van der Waals surface area contributed by atoms with Crippen molar-refractivity contribution >= 4 is 31.3 Å².